The normalized spacial score (nSPS) is 11.2. The summed E-state index contributed by atoms with van der Waals surface area (Å²) in [5, 5.41) is 4.64. The van der Waals surface area contributed by atoms with Gasteiger partial charge in [-0.15, -0.1) is 0 Å². The fraction of sp³-hybridized carbons (Fsp3) is 0.214. The maximum atomic E-state index is 11.4. The second kappa shape index (κ2) is 4.68. The van der Waals surface area contributed by atoms with Crippen LogP contribution in [0, 0.1) is 20.8 Å². The second-order valence-electron chi connectivity index (χ2n) is 4.70. The summed E-state index contributed by atoms with van der Waals surface area (Å²) in [6.07, 6.45) is 0. The molecule has 0 aliphatic carbocycles. The Hall–Kier alpha value is -1.72. The van der Waals surface area contributed by atoms with E-state index in [-0.39, 0.29) is 0 Å². The molecule has 0 fully saturated rings. The topological polar surface area (TPSA) is 47.8 Å². The number of carbonyl (C=O) groups excluding carboxylic acids is 1. The molecule has 2 aromatic heterocycles. The largest absolute Gasteiger partial charge is 0.275 e. The van der Waals surface area contributed by atoms with Crippen molar-refractivity contribution in [2.45, 2.75) is 20.8 Å². The van der Waals surface area contributed by atoms with Crippen LogP contribution in [-0.2, 0) is 0 Å². The van der Waals surface area contributed by atoms with E-state index < -0.39 is 5.24 Å². The first-order valence-corrected chi connectivity index (χ1v) is 7.30. The lowest BCUT2D eigenvalue weighted by molar-refractivity contribution is 0.108. The van der Waals surface area contributed by atoms with Gasteiger partial charge in [-0.25, -0.2) is 9.67 Å². The molecule has 102 valence electrons. The van der Waals surface area contributed by atoms with Crippen LogP contribution < -0.4 is 0 Å². The Morgan fingerprint density at radius 3 is 2.70 bits per heavy atom. The van der Waals surface area contributed by atoms with Crippen molar-refractivity contribution in [3.05, 3.63) is 40.7 Å². The van der Waals surface area contributed by atoms with Crippen LogP contribution in [0.4, 0.5) is 0 Å². The van der Waals surface area contributed by atoms with Crippen LogP contribution >= 0.6 is 22.9 Å². The molecule has 4 nitrogen and oxygen atoms in total. The maximum absolute atomic E-state index is 11.4. The van der Waals surface area contributed by atoms with Gasteiger partial charge >= 0.3 is 0 Å². The predicted octanol–water partition coefficient (Wildman–Crippen LogP) is 3.79. The number of aromatic nitrogens is 3. The number of fused-ring (bicyclic) bond motifs is 1. The fourth-order valence-corrected chi connectivity index (χ4v) is 3.57. The van der Waals surface area contributed by atoms with Crippen LogP contribution in [-0.4, -0.2) is 20.0 Å². The molecule has 0 spiro atoms. The monoisotopic (exact) mass is 305 g/mol. The van der Waals surface area contributed by atoms with Crippen LogP contribution in [0.5, 0.6) is 0 Å². The van der Waals surface area contributed by atoms with Gasteiger partial charge in [0.1, 0.15) is 0 Å². The Bertz CT molecular complexity index is 834. The summed E-state index contributed by atoms with van der Waals surface area (Å²) in [5.41, 5.74) is 3.93. The van der Waals surface area contributed by atoms with Gasteiger partial charge in [0.25, 0.3) is 5.24 Å². The number of benzene rings is 1. The average Bonchev–Trinajstić information content (AvgIpc) is 2.89. The third kappa shape index (κ3) is 2.03. The highest BCUT2D eigenvalue weighted by Crippen LogP contribution is 2.28. The van der Waals surface area contributed by atoms with E-state index in [2.05, 4.69) is 16.1 Å². The lowest BCUT2D eigenvalue weighted by atomic mass is 10.2. The van der Waals surface area contributed by atoms with Crippen molar-refractivity contribution in [2.75, 3.05) is 0 Å². The van der Waals surface area contributed by atoms with Gasteiger partial charge in [0.05, 0.1) is 27.2 Å². The third-order valence-corrected chi connectivity index (χ3v) is 4.38. The quantitative estimate of drug-likeness (QED) is 0.677. The molecular formula is C14H12ClN3OS. The van der Waals surface area contributed by atoms with Crippen molar-refractivity contribution in [2.24, 2.45) is 0 Å². The van der Waals surface area contributed by atoms with Gasteiger partial charge in [0, 0.05) is 0 Å². The van der Waals surface area contributed by atoms with E-state index in [1.807, 2.05) is 26.0 Å². The SMILES string of the molecule is Cc1ccc2nc(-n3nc(C)c(C(=O)Cl)c3C)sc2c1. The van der Waals surface area contributed by atoms with E-state index >= 15 is 0 Å². The van der Waals surface area contributed by atoms with E-state index in [9.17, 15) is 4.79 Å². The number of rotatable bonds is 2. The average molecular weight is 306 g/mol. The van der Waals surface area contributed by atoms with E-state index in [1.54, 1.807) is 22.9 Å². The number of thiazole rings is 1. The highest BCUT2D eigenvalue weighted by atomic mass is 35.5. The van der Waals surface area contributed by atoms with Crippen LogP contribution in [0.2, 0.25) is 0 Å². The Balaban J connectivity index is 2.21. The summed E-state index contributed by atoms with van der Waals surface area (Å²) in [7, 11) is 0. The van der Waals surface area contributed by atoms with Crippen molar-refractivity contribution >= 4 is 38.4 Å². The number of aryl methyl sites for hydroxylation is 2. The molecule has 3 rings (SSSR count). The summed E-state index contributed by atoms with van der Waals surface area (Å²) >= 11 is 7.15. The first-order chi connectivity index (χ1) is 9.47. The first kappa shape index (κ1) is 13.3. The molecule has 0 bridgehead atoms. The molecule has 6 heteroatoms. The zero-order chi connectivity index (χ0) is 14.4. The Morgan fingerprint density at radius 2 is 2.05 bits per heavy atom. The lowest BCUT2D eigenvalue weighted by Gasteiger charge is -1.98. The Kier molecular flexibility index (Phi) is 3.11. The standard InChI is InChI=1S/C14H12ClN3OS/c1-7-4-5-10-11(6-7)20-14(16-10)18-9(3)12(13(15)19)8(2)17-18/h4-6H,1-3H3. The predicted molar refractivity (Wildman–Crippen MR) is 81.1 cm³/mol. The smallest absolute Gasteiger partial charge is 0.256 e. The van der Waals surface area contributed by atoms with Gasteiger partial charge in [0.15, 0.2) is 0 Å². The van der Waals surface area contributed by atoms with Gasteiger partial charge < -0.3 is 0 Å². The number of hydrogen-bond acceptors (Lipinski definition) is 4. The number of halogens is 1. The van der Waals surface area contributed by atoms with E-state index in [1.165, 1.54) is 5.56 Å². The molecule has 3 aromatic rings. The summed E-state index contributed by atoms with van der Waals surface area (Å²) in [6.45, 7) is 5.65. The zero-order valence-corrected chi connectivity index (χ0v) is 12.8. The van der Waals surface area contributed by atoms with Gasteiger partial charge in [-0.2, -0.15) is 5.10 Å². The summed E-state index contributed by atoms with van der Waals surface area (Å²) in [4.78, 5) is 16.0. The lowest BCUT2D eigenvalue weighted by Crippen LogP contribution is -1.99. The van der Waals surface area contributed by atoms with Gasteiger partial charge in [0.2, 0.25) is 5.13 Å². The molecule has 0 radical (unpaired) electrons. The fourth-order valence-electron chi connectivity index (χ4n) is 2.22. The molecule has 0 atom stereocenters. The first-order valence-electron chi connectivity index (χ1n) is 6.11. The molecule has 0 unspecified atom stereocenters. The molecule has 0 N–H and O–H groups in total. The van der Waals surface area contributed by atoms with Crippen molar-refractivity contribution < 1.29 is 4.79 Å². The van der Waals surface area contributed by atoms with Gasteiger partial charge in [-0.3, -0.25) is 4.79 Å². The molecular weight excluding hydrogens is 294 g/mol. The Morgan fingerprint density at radius 1 is 1.30 bits per heavy atom. The van der Waals surface area contributed by atoms with Crippen LogP contribution in [0.15, 0.2) is 18.2 Å². The number of nitrogens with zero attached hydrogens (tertiary/aromatic N) is 3. The minimum atomic E-state index is -0.483. The van der Waals surface area contributed by atoms with E-state index in [0.717, 1.165) is 21.0 Å². The van der Waals surface area contributed by atoms with Crippen molar-refractivity contribution in [1.29, 1.82) is 0 Å². The number of hydrogen-bond donors (Lipinski definition) is 0. The molecule has 0 saturated carbocycles. The third-order valence-electron chi connectivity index (χ3n) is 3.20. The van der Waals surface area contributed by atoms with Crippen molar-refractivity contribution in [3.8, 4) is 5.13 Å². The minimum Gasteiger partial charge on any atom is -0.275 e. The molecule has 20 heavy (non-hydrogen) atoms. The van der Waals surface area contributed by atoms with E-state index in [4.69, 9.17) is 11.6 Å². The molecule has 0 amide bonds. The highest BCUT2D eigenvalue weighted by molar-refractivity contribution is 7.20. The maximum Gasteiger partial charge on any atom is 0.256 e. The molecule has 0 aliphatic heterocycles. The molecule has 1 aromatic carbocycles. The molecule has 0 aliphatic rings. The molecule has 2 heterocycles. The van der Waals surface area contributed by atoms with Gasteiger partial charge in [-0.1, -0.05) is 17.4 Å². The van der Waals surface area contributed by atoms with Crippen LogP contribution in [0.3, 0.4) is 0 Å². The van der Waals surface area contributed by atoms with Gasteiger partial charge in [-0.05, 0) is 50.1 Å². The van der Waals surface area contributed by atoms with E-state index in [0.29, 0.717) is 11.3 Å². The summed E-state index contributed by atoms with van der Waals surface area (Å²) in [5.74, 6) is 0. The second-order valence-corrected chi connectivity index (χ2v) is 6.05. The number of carbonyl (C=O) groups is 1. The van der Waals surface area contributed by atoms with Crippen molar-refractivity contribution in [1.82, 2.24) is 14.8 Å². The Labute approximate surface area is 125 Å². The zero-order valence-electron chi connectivity index (χ0n) is 11.3. The summed E-state index contributed by atoms with van der Waals surface area (Å²) < 4.78 is 2.79. The minimum absolute atomic E-state index is 0.460. The summed E-state index contributed by atoms with van der Waals surface area (Å²) in [6, 6.07) is 6.11. The molecule has 0 saturated heterocycles. The van der Waals surface area contributed by atoms with Crippen molar-refractivity contribution in [3.63, 3.8) is 0 Å². The van der Waals surface area contributed by atoms with Crippen LogP contribution in [0.1, 0.15) is 27.3 Å². The highest BCUT2D eigenvalue weighted by Gasteiger charge is 2.19. The van der Waals surface area contributed by atoms with Crippen LogP contribution in [0.25, 0.3) is 15.3 Å².